The highest BCUT2D eigenvalue weighted by Gasteiger charge is 2.26. The van der Waals surface area contributed by atoms with Crippen LogP contribution < -0.4 is 9.80 Å². The van der Waals surface area contributed by atoms with E-state index in [2.05, 4.69) is 40.0 Å². The maximum absolute atomic E-state index is 13.7. The monoisotopic (exact) mass is 756 g/mol. The summed E-state index contributed by atoms with van der Waals surface area (Å²) in [5, 5.41) is 14.8. The maximum atomic E-state index is 13.7. The molecule has 0 aliphatic carbocycles. The van der Waals surface area contributed by atoms with Gasteiger partial charge in [0, 0.05) is 124 Å². The van der Waals surface area contributed by atoms with Gasteiger partial charge >= 0.3 is 0 Å². The number of benzene rings is 2. The second-order valence-electron chi connectivity index (χ2n) is 14.8. The number of rotatable bonds is 12. The Morgan fingerprint density at radius 3 is 1.34 bits per heavy atom. The van der Waals surface area contributed by atoms with E-state index in [1.165, 1.54) is 24.3 Å². The van der Waals surface area contributed by atoms with Crippen molar-refractivity contribution in [1.29, 1.82) is 0 Å². The van der Waals surface area contributed by atoms with Crippen LogP contribution in [0.4, 0.5) is 20.4 Å². The van der Waals surface area contributed by atoms with Crippen LogP contribution in [0.3, 0.4) is 0 Å². The molecule has 0 radical (unpaired) electrons. The van der Waals surface area contributed by atoms with E-state index in [0.717, 1.165) is 122 Å². The average molecular weight is 757 g/mol. The van der Waals surface area contributed by atoms with E-state index in [1.54, 1.807) is 24.3 Å². The number of nitrogens with zero attached hydrogens (tertiary/aromatic N) is 8. The molecule has 2 atom stereocenters. The molecule has 0 amide bonds. The van der Waals surface area contributed by atoms with Gasteiger partial charge in [-0.05, 0) is 71.8 Å². The summed E-state index contributed by atoms with van der Waals surface area (Å²) in [4.78, 5) is 32.6. The van der Waals surface area contributed by atoms with Gasteiger partial charge in [-0.25, -0.2) is 18.7 Å². The molecule has 13 heteroatoms. The quantitative estimate of drug-likeness (QED) is 0.142. The Balaban J connectivity index is 0.804. The average Bonchev–Trinajstić information content (AvgIpc) is 3.91. The van der Waals surface area contributed by atoms with Crippen molar-refractivity contribution in [3.05, 3.63) is 131 Å². The number of anilines is 2. The molecular formula is C43H46F2N10O. The first kappa shape index (κ1) is 37.1. The van der Waals surface area contributed by atoms with Crippen LogP contribution in [0.1, 0.15) is 47.9 Å². The highest BCUT2D eigenvalue weighted by Crippen LogP contribution is 2.29. The third-order valence-corrected chi connectivity index (χ3v) is 11.2. The summed E-state index contributed by atoms with van der Waals surface area (Å²) in [6.45, 7) is 12.3. The number of carbonyl (C=O) groups excluding carboxylic acids is 1. The summed E-state index contributed by atoms with van der Waals surface area (Å²) in [5.74, 6) is 0.825. The van der Waals surface area contributed by atoms with Crippen LogP contribution in [0.5, 0.6) is 0 Å². The molecule has 2 unspecified atom stereocenters. The first-order valence-electron chi connectivity index (χ1n) is 19.3. The predicted molar refractivity (Wildman–Crippen MR) is 213 cm³/mol. The highest BCUT2D eigenvalue weighted by molar-refractivity contribution is 5.91. The molecule has 2 fully saturated rings. The first-order valence-corrected chi connectivity index (χ1v) is 19.3. The van der Waals surface area contributed by atoms with Crippen LogP contribution in [0.25, 0.3) is 22.5 Å². The van der Waals surface area contributed by atoms with Crippen LogP contribution in [-0.4, -0.2) is 98.3 Å². The number of aromatic amines is 2. The van der Waals surface area contributed by atoms with Crippen molar-refractivity contribution >= 4 is 17.4 Å². The van der Waals surface area contributed by atoms with Crippen molar-refractivity contribution in [2.45, 2.75) is 38.8 Å². The number of nitrogens with one attached hydrogen (secondary N) is 2. The predicted octanol–water partition coefficient (Wildman–Crippen LogP) is 6.66. The minimum absolute atomic E-state index is 0.134. The normalized spacial score (nSPS) is 16.6. The Hall–Kier alpha value is -5.79. The summed E-state index contributed by atoms with van der Waals surface area (Å²) in [6.07, 6.45) is 7.52. The summed E-state index contributed by atoms with van der Waals surface area (Å²) >= 11 is 0. The number of pyridine rings is 2. The molecule has 8 rings (SSSR count). The lowest BCUT2D eigenvalue weighted by atomic mass is 9.87. The van der Waals surface area contributed by atoms with Gasteiger partial charge in [-0.1, -0.05) is 26.0 Å². The van der Waals surface area contributed by atoms with E-state index in [-0.39, 0.29) is 29.3 Å². The summed E-state index contributed by atoms with van der Waals surface area (Å²) in [6, 6.07) is 21.0. The van der Waals surface area contributed by atoms with E-state index in [9.17, 15) is 13.6 Å². The molecule has 6 aromatic rings. The van der Waals surface area contributed by atoms with Gasteiger partial charge in [0.1, 0.15) is 29.1 Å². The molecule has 2 N–H and O–H groups in total. The number of hydrogen-bond donors (Lipinski definition) is 2. The second-order valence-corrected chi connectivity index (χ2v) is 14.8. The number of piperazine rings is 2. The fourth-order valence-electron chi connectivity index (χ4n) is 7.72. The standard InChI is InChI=1S/C43H46F2N10O/c1-29(33-7-13-39(46-23-33)54-19-15-52(16-20-54)27-35-25-48-50-41(35)31-3-9-37(44)10-4-31)43(56)30(2)34-8-14-40(47-24-34)55-21-17-53(18-22-55)28-36-26-49-51-42(36)32-5-11-38(45)12-6-32/h3-14,23-26,29-30H,15-22,27-28H2,1-2H3,(H,48,50)(H,49,51). The zero-order valence-electron chi connectivity index (χ0n) is 31.7. The number of ketones is 1. The lowest BCUT2D eigenvalue weighted by Crippen LogP contribution is -2.46. The molecule has 2 aromatic carbocycles. The summed E-state index contributed by atoms with van der Waals surface area (Å²) < 4.78 is 26.9. The van der Waals surface area contributed by atoms with E-state index >= 15 is 0 Å². The molecule has 11 nitrogen and oxygen atoms in total. The number of H-pyrrole nitrogens is 2. The zero-order chi connectivity index (χ0) is 38.6. The third-order valence-electron chi connectivity index (χ3n) is 11.2. The number of aromatic nitrogens is 6. The number of Topliss-reactive ketones (excluding diaryl/α,β-unsaturated/α-hetero) is 1. The smallest absolute Gasteiger partial charge is 0.147 e. The lowest BCUT2D eigenvalue weighted by molar-refractivity contribution is -0.121. The Labute approximate surface area is 325 Å². The van der Waals surface area contributed by atoms with Crippen molar-refractivity contribution in [1.82, 2.24) is 40.2 Å². The van der Waals surface area contributed by atoms with Crippen LogP contribution in [0.15, 0.2) is 97.6 Å². The second kappa shape index (κ2) is 16.5. The van der Waals surface area contributed by atoms with Gasteiger partial charge in [-0.15, -0.1) is 0 Å². The van der Waals surface area contributed by atoms with Gasteiger partial charge in [0.25, 0.3) is 0 Å². The van der Waals surface area contributed by atoms with Crippen LogP contribution in [-0.2, 0) is 17.9 Å². The van der Waals surface area contributed by atoms with Gasteiger partial charge in [-0.2, -0.15) is 10.2 Å². The van der Waals surface area contributed by atoms with E-state index in [4.69, 9.17) is 9.97 Å². The molecule has 0 spiro atoms. The topological polar surface area (TPSA) is 113 Å². The van der Waals surface area contributed by atoms with Gasteiger partial charge < -0.3 is 9.80 Å². The number of carbonyl (C=O) groups is 1. The minimum atomic E-state index is -0.305. The third kappa shape index (κ3) is 8.24. The molecule has 288 valence electrons. The van der Waals surface area contributed by atoms with Gasteiger partial charge in [0.2, 0.25) is 0 Å². The minimum Gasteiger partial charge on any atom is -0.354 e. The lowest BCUT2D eigenvalue weighted by Gasteiger charge is -2.35. The fourth-order valence-corrected chi connectivity index (χ4v) is 7.72. The van der Waals surface area contributed by atoms with E-state index < -0.39 is 0 Å². The van der Waals surface area contributed by atoms with Crippen LogP contribution in [0, 0.1) is 11.6 Å². The van der Waals surface area contributed by atoms with Crippen LogP contribution in [0.2, 0.25) is 0 Å². The molecule has 2 aliphatic rings. The largest absolute Gasteiger partial charge is 0.354 e. The van der Waals surface area contributed by atoms with E-state index in [1.807, 2.05) is 62.9 Å². The molecular weight excluding hydrogens is 711 g/mol. The Morgan fingerprint density at radius 1 is 0.589 bits per heavy atom. The van der Waals surface area contributed by atoms with Gasteiger partial charge in [0.15, 0.2) is 0 Å². The van der Waals surface area contributed by atoms with Crippen molar-refractivity contribution in [2.24, 2.45) is 0 Å². The first-order chi connectivity index (χ1) is 27.3. The molecule has 2 aliphatic heterocycles. The zero-order valence-corrected chi connectivity index (χ0v) is 31.7. The molecule has 0 saturated carbocycles. The van der Waals surface area contributed by atoms with Crippen molar-refractivity contribution in [2.75, 3.05) is 62.2 Å². The Morgan fingerprint density at radius 2 is 0.982 bits per heavy atom. The SMILES string of the molecule is CC(C(=O)C(C)c1ccc(N2CCN(Cc3c[nH]nc3-c3ccc(F)cc3)CC2)nc1)c1ccc(N2CCN(Cc3c[nH]nc3-c3ccc(F)cc3)CC2)nc1. The molecule has 6 heterocycles. The fraction of sp³-hybridized carbons (Fsp3) is 0.326. The van der Waals surface area contributed by atoms with Crippen molar-refractivity contribution in [3.63, 3.8) is 0 Å². The summed E-state index contributed by atoms with van der Waals surface area (Å²) in [7, 11) is 0. The molecule has 4 aromatic heterocycles. The maximum Gasteiger partial charge on any atom is 0.147 e. The van der Waals surface area contributed by atoms with Gasteiger partial charge in [0.05, 0.1) is 11.4 Å². The summed E-state index contributed by atoms with van der Waals surface area (Å²) in [5.41, 5.74) is 7.47. The Kier molecular flexibility index (Phi) is 11.0. The van der Waals surface area contributed by atoms with Crippen molar-refractivity contribution in [3.8, 4) is 22.5 Å². The molecule has 56 heavy (non-hydrogen) atoms. The Bertz CT molecular complexity index is 2050. The molecule has 0 bridgehead atoms. The van der Waals surface area contributed by atoms with E-state index in [0.29, 0.717) is 0 Å². The number of halogens is 2. The van der Waals surface area contributed by atoms with Crippen LogP contribution >= 0.6 is 0 Å². The number of hydrogen-bond acceptors (Lipinski definition) is 9. The molecule has 2 saturated heterocycles. The van der Waals surface area contributed by atoms with Crippen molar-refractivity contribution < 1.29 is 13.6 Å². The highest BCUT2D eigenvalue weighted by atomic mass is 19.1. The van der Waals surface area contributed by atoms with Gasteiger partial charge in [-0.3, -0.25) is 24.8 Å².